The van der Waals surface area contributed by atoms with E-state index in [9.17, 15) is 5.11 Å². The summed E-state index contributed by atoms with van der Waals surface area (Å²) >= 11 is 5.90. The summed E-state index contributed by atoms with van der Waals surface area (Å²) in [5.74, 6) is 0. The van der Waals surface area contributed by atoms with Crippen LogP contribution in [0.5, 0.6) is 0 Å². The Balaban J connectivity index is 2.89. The van der Waals surface area contributed by atoms with Gasteiger partial charge in [0.2, 0.25) is 0 Å². The number of rotatable bonds is 5. The Hall–Kier alpha value is -0.570. The van der Waals surface area contributed by atoms with E-state index in [1.807, 2.05) is 24.3 Å². The molecule has 3 heteroatoms. The van der Waals surface area contributed by atoms with E-state index in [-0.39, 0.29) is 6.61 Å². The Kier molecular flexibility index (Phi) is 4.58. The maximum Gasteiger partial charge on any atom is 0.0653 e. The van der Waals surface area contributed by atoms with Gasteiger partial charge in [0, 0.05) is 5.02 Å². The largest absolute Gasteiger partial charge is 0.394 e. The molecule has 0 aliphatic heterocycles. The second-order valence-electron chi connectivity index (χ2n) is 3.93. The molecule has 1 rings (SSSR count). The third kappa shape index (κ3) is 3.20. The molecule has 0 heterocycles. The summed E-state index contributed by atoms with van der Waals surface area (Å²) in [6, 6.07) is 7.41. The van der Waals surface area contributed by atoms with Crippen LogP contribution in [0.2, 0.25) is 5.02 Å². The molecule has 0 saturated heterocycles. The van der Waals surface area contributed by atoms with Crippen molar-refractivity contribution >= 4 is 11.6 Å². The number of hydrogen-bond donors (Lipinski definition) is 2. The smallest absolute Gasteiger partial charge is 0.0653 e. The summed E-state index contributed by atoms with van der Waals surface area (Å²) in [6.45, 7) is 2.06. The molecule has 0 unspecified atom stereocenters. The second kappa shape index (κ2) is 5.50. The van der Waals surface area contributed by atoms with Crippen molar-refractivity contribution in [3.63, 3.8) is 0 Å². The van der Waals surface area contributed by atoms with Crippen molar-refractivity contribution in [2.45, 2.75) is 31.7 Å². The number of hydrogen-bond acceptors (Lipinski definition) is 2. The van der Waals surface area contributed by atoms with Gasteiger partial charge in [-0.25, -0.2) is 0 Å². The number of halogens is 1. The molecular weight excluding hydrogens is 210 g/mol. The lowest BCUT2D eigenvalue weighted by molar-refractivity contribution is 0.185. The van der Waals surface area contributed by atoms with Gasteiger partial charge in [0.25, 0.3) is 0 Å². The van der Waals surface area contributed by atoms with Crippen LogP contribution in [0.3, 0.4) is 0 Å². The highest BCUT2D eigenvalue weighted by Crippen LogP contribution is 2.26. The molecule has 0 amide bonds. The van der Waals surface area contributed by atoms with Crippen LogP contribution in [-0.4, -0.2) is 11.7 Å². The molecule has 15 heavy (non-hydrogen) atoms. The molecule has 1 atom stereocenters. The van der Waals surface area contributed by atoms with Crippen LogP contribution >= 0.6 is 11.6 Å². The summed E-state index contributed by atoms with van der Waals surface area (Å²) in [5.41, 5.74) is 6.42. The topological polar surface area (TPSA) is 46.2 Å². The molecule has 2 nitrogen and oxygen atoms in total. The van der Waals surface area contributed by atoms with E-state index in [0.717, 1.165) is 24.8 Å². The molecule has 84 valence electrons. The molecule has 3 N–H and O–H groups in total. The fraction of sp³-hybridized carbons (Fsp3) is 0.500. The third-order valence-corrected chi connectivity index (χ3v) is 2.89. The van der Waals surface area contributed by atoms with Gasteiger partial charge >= 0.3 is 0 Å². The van der Waals surface area contributed by atoms with Gasteiger partial charge in [0.1, 0.15) is 0 Å². The normalized spacial score (nSPS) is 14.9. The summed E-state index contributed by atoms with van der Waals surface area (Å²) in [4.78, 5) is 0. The molecule has 0 spiro atoms. The fourth-order valence-corrected chi connectivity index (χ4v) is 1.80. The van der Waals surface area contributed by atoms with Crippen molar-refractivity contribution in [2.24, 2.45) is 5.73 Å². The minimum Gasteiger partial charge on any atom is -0.394 e. The van der Waals surface area contributed by atoms with Gasteiger partial charge in [0.05, 0.1) is 12.1 Å². The lowest BCUT2D eigenvalue weighted by Gasteiger charge is -2.27. The summed E-state index contributed by atoms with van der Waals surface area (Å²) in [6.07, 6.45) is 2.85. The SMILES string of the molecule is CCCC[C@@](N)(CO)c1cccc(Cl)c1. The van der Waals surface area contributed by atoms with Crippen LogP contribution in [0.15, 0.2) is 24.3 Å². The summed E-state index contributed by atoms with van der Waals surface area (Å²) in [7, 11) is 0. The number of aliphatic hydroxyl groups is 1. The number of aliphatic hydroxyl groups excluding tert-OH is 1. The van der Waals surface area contributed by atoms with Crippen molar-refractivity contribution in [2.75, 3.05) is 6.61 Å². The van der Waals surface area contributed by atoms with E-state index in [4.69, 9.17) is 17.3 Å². The molecule has 0 aliphatic rings. The fourth-order valence-electron chi connectivity index (χ4n) is 1.61. The maximum atomic E-state index is 9.39. The van der Waals surface area contributed by atoms with Crippen molar-refractivity contribution < 1.29 is 5.11 Å². The van der Waals surface area contributed by atoms with Gasteiger partial charge in [-0.2, -0.15) is 0 Å². The van der Waals surface area contributed by atoms with Crippen molar-refractivity contribution in [1.29, 1.82) is 0 Å². The zero-order valence-corrected chi connectivity index (χ0v) is 9.80. The lowest BCUT2D eigenvalue weighted by Crippen LogP contribution is -2.40. The maximum absolute atomic E-state index is 9.39. The molecule has 0 bridgehead atoms. The predicted molar refractivity (Wildman–Crippen MR) is 63.9 cm³/mol. The van der Waals surface area contributed by atoms with E-state index in [1.165, 1.54) is 0 Å². The van der Waals surface area contributed by atoms with Gasteiger partial charge in [-0.05, 0) is 24.1 Å². The standard InChI is InChI=1S/C12H18ClNO/c1-2-3-7-12(14,9-15)10-5-4-6-11(13)8-10/h4-6,8,15H,2-3,7,9,14H2,1H3/t12-/m1/s1. The first-order valence-corrected chi connectivity index (χ1v) is 5.66. The third-order valence-electron chi connectivity index (χ3n) is 2.66. The highest BCUT2D eigenvalue weighted by molar-refractivity contribution is 6.30. The van der Waals surface area contributed by atoms with Gasteiger partial charge in [0.15, 0.2) is 0 Å². The molecular formula is C12H18ClNO. The molecule has 1 aromatic rings. The predicted octanol–water partition coefficient (Wildman–Crippen LogP) is 2.68. The number of nitrogens with two attached hydrogens (primary N) is 1. The molecule has 0 radical (unpaired) electrons. The first-order valence-electron chi connectivity index (χ1n) is 5.28. The lowest BCUT2D eigenvalue weighted by atomic mass is 9.87. The van der Waals surface area contributed by atoms with Crippen molar-refractivity contribution in [1.82, 2.24) is 0 Å². The molecule has 1 aromatic carbocycles. The Labute approximate surface area is 96.1 Å². The minimum absolute atomic E-state index is 0.0483. The van der Waals surface area contributed by atoms with Crippen LogP contribution in [0, 0.1) is 0 Å². The van der Waals surface area contributed by atoms with E-state index in [1.54, 1.807) is 0 Å². The van der Waals surface area contributed by atoms with Crippen molar-refractivity contribution in [3.8, 4) is 0 Å². The second-order valence-corrected chi connectivity index (χ2v) is 4.36. The van der Waals surface area contributed by atoms with E-state index in [2.05, 4.69) is 6.92 Å². The Morgan fingerprint density at radius 3 is 2.73 bits per heavy atom. The van der Waals surface area contributed by atoms with Crippen LogP contribution in [0.1, 0.15) is 31.7 Å². The van der Waals surface area contributed by atoms with Crippen LogP contribution in [0.25, 0.3) is 0 Å². The van der Waals surface area contributed by atoms with Crippen LogP contribution < -0.4 is 5.73 Å². The Morgan fingerprint density at radius 1 is 1.47 bits per heavy atom. The van der Waals surface area contributed by atoms with E-state index in [0.29, 0.717) is 5.02 Å². The summed E-state index contributed by atoms with van der Waals surface area (Å²) < 4.78 is 0. The monoisotopic (exact) mass is 227 g/mol. The van der Waals surface area contributed by atoms with Crippen molar-refractivity contribution in [3.05, 3.63) is 34.9 Å². The van der Waals surface area contributed by atoms with Crippen LogP contribution in [0.4, 0.5) is 0 Å². The molecule has 0 aromatic heterocycles. The quantitative estimate of drug-likeness (QED) is 0.813. The average Bonchev–Trinajstić information content (AvgIpc) is 2.26. The molecule has 0 fully saturated rings. The highest BCUT2D eigenvalue weighted by Gasteiger charge is 2.25. The van der Waals surface area contributed by atoms with Crippen LogP contribution in [-0.2, 0) is 5.54 Å². The first kappa shape index (κ1) is 12.5. The average molecular weight is 228 g/mol. The van der Waals surface area contributed by atoms with Gasteiger partial charge in [-0.3, -0.25) is 0 Å². The Morgan fingerprint density at radius 2 is 2.20 bits per heavy atom. The summed E-state index contributed by atoms with van der Waals surface area (Å²) in [5, 5.41) is 10.0. The zero-order chi connectivity index (χ0) is 11.3. The highest BCUT2D eigenvalue weighted by atomic mass is 35.5. The minimum atomic E-state index is -0.652. The van der Waals surface area contributed by atoms with Gasteiger partial charge in [-0.15, -0.1) is 0 Å². The first-order chi connectivity index (χ1) is 7.12. The van der Waals surface area contributed by atoms with E-state index < -0.39 is 5.54 Å². The number of unbranched alkanes of at least 4 members (excludes halogenated alkanes) is 1. The number of benzene rings is 1. The van der Waals surface area contributed by atoms with Gasteiger partial charge in [-0.1, -0.05) is 43.5 Å². The van der Waals surface area contributed by atoms with E-state index >= 15 is 0 Å². The molecule has 0 saturated carbocycles. The zero-order valence-electron chi connectivity index (χ0n) is 9.04. The van der Waals surface area contributed by atoms with Gasteiger partial charge < -0.3 is 10.8 Å². The molecule has 0 aliphatic carbocycles. The Bertz CT molecular complexity index is 316.